The minimum absolute atomic E-state index is 0.0268. The average molecular weight is 254 g/mol. The number of nitrogens with one attached hydrogen (secondary N) is 1. The Morgan fingerprint density at radius 3 is 2.39 bits per heavy atom. The smallest absolute Gasteiger partial charge is 0.387 e. The predicted molar refractivity (Wildman–Crippen MR) is 60.2 cm³/mol. The number of carbonyl (C=O) groups is 1. The number of hydrogen-bond donors (Lipinski definition) is 1. The maximum absolute atomic E-state index is 11.9. The van der Waals surface area contributed by atoms with E-state index in [-0.39, 0.29) is 11.3 Å². The zero-order valence-corrected chi connectivity index (χ0v) is 9.91. The van der Waals surface area contributed by atoms with Crippen LogP contribution in [-0.4, -0.2) is 18.1 Å². The van der Waals surface area contributed by atoms with Crippen molar-refractivity contribution in [3.8, 4) is 11.8 Å². The van der Waals surface area contributed by atoms with Crippen molar-refractivity contribution in [2.45, 2.75) is 26.0 Å². The summed E-state index contributed by atoms with van der Waals surface area (Å²) in [6.45, 7) is 0.209. The Labute approximate surface area is 103 Å². The Bertz CT molecular complexity index is 464. The molecule has 1 rings (SSSR count). The van der Waals surface area contributed by atoms with Crippen molar-refractivity contribution in [2.75, 3.05) is 0 Å². The standard InChI is InChI=1S/C12H12F2N2O2/c1-12(2,7-15)16-10(17)8-3-5-9(6-4-8)18-11(13)14/h3-6,11H,1-2H3,(H,16,17). The Balaban J connectivity index is 2.74. The van der Waals surface area contributed by atoms with E-state index in [2.05, 4.69) is 10.1 Å². The molecule has 0 aliphatic heterocycles. The van der Waals surface area contributed by atoms with Crippen molar-refractivity contribution in [2.24, 2.45) is 0 Å². The van der Waals surface area contributed by atoms with Crippen LogP contribution in [0.15, 0.2) is 24.3 Å². The van der Waals surface area contributed by atoms with E-state index in [1.54, 1.807) is 13.8 Å². The summed E-state index contributed by atoms with van der Waals surface area (Å²) in [5, 5.41) is 11.3. The molecule has 96 valence electrons. The van der Waals surface area contributed by atoms with Crippen LogP contribution in [0.3, 0.4) is 0 Å². The van der Waals surface area contributed by atoms with E-state index in [1.807, 2.05) is 6.07 Å². The van der Waals surface area contributed by atoms with Crippen molar-refractivity contribution in [3.05, 3.63) is 29.8 Å². The molecule has 1 amide bonds. The van der Waals surface area contributed by atoms with E-state index in [0.717, 1.165) is 0 Å². The van der Waals surface area contributed by atoms with Gasteiger partial charge in [0.05, 0.1) is 6.07 Å². The van der Waals surface area contributed by atoms with Gasteiger partial charge in [0.2, 0.25) is 0 Å². The SMILES string of the molecule is CC(C)(C#N)NC(=O)c1ccc(OC(F)F)cc1. The summed E-state index contributed by atoms with van der Waals surface area (Å²) in [7, 11) is 0. The Morgan fingerprint density at radius 2 is 1.94 bits per heavy atom. The molecule has 0 bridgehead atoms. The molecule has 0 aliphatic carbocycles. The number of rotatable bonds is 4. The summed E-state index contributed by atoms with van der Waals surface area (Å²) in [6, 6.07) is 7.15. The summed E-state index contributed by atoms with van der Waals surface area (Å²) in [5.41, 5.74) is -0.727. The van der Waals surface area contributed by atoms with Crippen LogP contribution in [0.1, 0.15) is 24.2 Å². The van der Waals surface area contributed by atoms with Crippen molar-refractivity contribution in [3.63, 3.8) is 0 Å². The van der Waals surface area contributed by atoms with Crippen LogP contribution in [0.25, 0.3) is 0 Å². The van der Waals surface area contributed by atoms with Gasteiger partial charge in [0.15, 0.2) is 0 Å². The molecule has 4 nitrogen and oxygen atoms in total. The maximum Gasteiger partial charge on any atom is 0.387 e. The van der Waals surface area contributed by atoms with Crippen LogP contribution in [-0.2, 0) is 0 Å². The largest absolute Gasteiger partial charge is 0.435 e. The number of ether oxygens (including phenoxy) is 1. The maximum atomic E-state index is 11.9. The molecule has 0 heterocycles. The molecule has 1 aromatic rings. The highest BCUT2D eigenvalue weighted by Gasteiger charge is 2.20. The molecule has 0 aromatic heterocycles. The van der Waals surface area contributed by atoms with Gasteiger partial charge in [0.1, 0.15) is 11.3 Å². The lowest BCUT2D eigenvalue weighted by atomic mass is 10.1. The second kappa shape index (κ2) is 5.45. The van der Waals surface area contributed by atoms with Gasteiger partial charge in [-0.1, -0.05) is 0 Å². The summed E-state index contributed by atoms with van der Waals surface area (Å²) < 4.78 is 28.0. The van der Waals surface area contributed by atoms with Crippen LogP contribution in [0.5, 0.6) is 5.75 Å². The fourth-order valence-electron chi connectivity index (χ4n) is 1.17. The minimum Gasteiger partial charge on any atom is -0.435 e. The van der Waals surface area contributed by atoms with E-state index in [9.17, 15) is 13.6 Å². The van der Waals surface area contributed by atoms with E-state index >= 15 is 0 Å². The Kier molecular flexibility index (Phi) is 4.21. The zero-order valence-electron chi connectivity index (χ0n) is 9.91. The number of carbonyl (C=O) groups excluding carboxylic acids is 1. The number of nitrogens with zero attached hydrogens (tertiary/aromatic N) is 1. The number of hydrogen-bond acceptors (Lipinski definition) is 3. The first-order chi connectivity index (χ1) is 8.34. The fourth-order valence-corrected chi connectivity index (χ4v) is 1.17. The Morgan fingerprint density at radius 1 is 1.39 bits per heavy atom. The molecule has 0 atom stereocenters. The predicted octanol–water partition coefficient (Wildman–Crippen LogP) is 2.32. The molecule has 1 N–H and O–H groups in total. The fraction of sp³-hybridized carbons (Fsp3) is 0.333. The van der Waals surface area contributed by atoms with Crippen LogP contribution in [0.4, 0.5) is 8.78 Å². The highest BCUT2D eigenvalue weighted by molar-refractivity contribution is 5.95. The molecule has 18 heavy (non-hydrogen) atoms. The van der Waals surface area contributed by atoms with Gasteiger partial charge in [-0.15, -0.1) is 0 Å². The summed E-state index contributed by atoms with van der Waals surface area (Å²) in [4.78, 5) is 11.7. The molecule has 0 saturated heterocycles. The van der Waals surface area contributed by atoms with Gasteiger partial charge in [0.25, 0.3) is 5.91 Å². The zero-order chi connectivity index (χ0) is 13.8. The molecule has 0 fully saturated rings. The molecule has 1 aromatic carbocycles. The first-order valence-electron chi connectivity index (χ1n) is 5.13. The third-order valence-corrected chi connectivity index (χ3v) is 2.05. The second-order valence-corrected chi connectivity index (χ2v) is 4.09. The van der Waals surface area contributed by atoms with E-state index < -0.39 is 18.1 Å². The Hall–Kier alpha value is -2.16. The molecule has 0 radical (unpaired) electrons. The van der Waals surface area contributed by atoms with Crippen molar-refractivity contribution in [1.29, 1.82) is 5.26 Å². The lowest BCUT2D eigenvalue weighted by Crippen LogP contribution is -2.42. The average Bonchev–Trinajstić information content (AvgIpc) is 2.28. The molecular formula is C12H12F2N2O2. The van der Waals surface area contributed by atoms with Gasteiger partial charge >= 0.3 is 6.61 Å². The van der Waals surface area contributed by atoms with Gasteiger partial charge in [-0.25, -0.2) is 0 Å². The van der Waals surface area contributed by atoms with Gasteiger partial charge in [-0.2, -0.15) is 14.0 Å². The van der Waals surface area contributed by atoms with Crippen LogP contribution in [0.2, 0.25) is 0 Å². The van der Waals surface area contributed by atoms with E-state index in [0.29, 0.717) is 0 Å². The van der Waals surface area contributed by atoms with Crippen molar-refractivity contribution in [1.82, 2.24) is 5.32 Å². The number of nitriles is 1. The number of amides is 1. The van der Waals surface area contributed by atoms with E-state index in [1.165, 1.54) is 24.3 Å². The monoisotopic (exact) mass is 254 g/mol. The van der Waals surface area contributed by atoms with Gasteiger partial charge in [0, 0.05) is 5.56 Å². The van der Waals surface area contributed by atoms with Gasteiger partial charge < -0.3 is 10.1 Å². The molecule has 0 saturated carbocycles. The van der Waals surface area contributed by atoms with Gasteiger partial charge in [-0.05, 0) is 38.1 Å². The van der Waals surface area contributed by atoms with Crippen molar-refractivity contribution >= 4 is 5.91 Å². The van der Waals surface area contributed by atoms with Crippen LogP contribution >= 0.6 is 0 Å². The molecule has 0 aliphatic rings. The topological polar surface area (TPSA) is 62.1 Å². The second-order valence-electron chi connectivity index (χ2n) is 4.09. The number of alkyl halides is 2. The minimum atomic E-state index is -2.90. The summed E-state index contributed by atoms with van der Waals surface area (Å²) in [6.07, 6.45) is 0. The lowest BCUT2D eigenvalue weighted by molar-refractivity contribution is -0.0498. The molecule has 6 heteroatoms. The summed E-state index contributed by atoms with van der Waals surface area (Å²) in [5.74, 6) is -0.480. The normalized spacial score (nSPS) is 10.9. The highest BCUT2D eigenvalue weighted by Crippen LogP contribution is 2.15. The first-order valence-corrected chi connectivity index (χ1v) is 5.13. The lowest BCUT2D eigenvalue weighted by Gasteiger charge is -2.17. The van der Waals surface area contributed by atoms with Crippen LogP contribution < -0.4 is 10.1 Å². The molecule has 0 spiro atoms. The summed E-state index contributed by atoms with van der Waals surface area (Å²) >= 11 is 0. The number of benzene rings is 1. The van der Waals surface area contributed by atoms with Crippen molar-refractivity contribution < 1.29 is 18.3 Å². The quantitative estimate of drug-likeness (QED) is 0.896. The molecular weight excluding hydrogens is 242 g/mol. The van der Waals surface area contributed by atoms with E-state index in [4.69, 9.17) is 5.26 Å². The van der Waals surface area contributed by atoms with Crippen LogP contribution in [0, 0.1) is 11.3 Å². The van der Waals surface area contributed by atoms with Gasteiger partial charge in [-0.3, -0.25) is 4.79 Å². The molecule has 0 unspecified atom stereocenters. The third-order valence-electron chi connectivity index (χ3n) is 2.05. The highest BCUT2D eigenvalue weighted by atomic mass is 19.3. The first kappa shape index (κ1) is 13.9. The third kappa shape index (κ3) is 4.01. The number of halogens is 2.